The van der Waals surface area contributed by atoms with E-state index in [1.54, 1.807) is 18.2 Å². The lowest BCUT2D eigenvalue weighted by atomic mass is 10.2. The van der Waals surface area contributed by atoms with Crippen LogP contribution >= 0.6 is 15.9 Å². The molecule has 1 unspecified atom stereocenters. The zero-order valence-corrected chi connectivity index (χ0v) is 19.3. The molecule has 0 fully saturated rings. The Morgan fingerprint density at radius 3 is 2.56 bits per heavy atom. The van der Waals surface area contributed by atoms with Gasteiger partial charge in [-0.05, 0) is 43.7 Å². The highest BCUT2D eigenvalue weighted by atomic mass is 79.9. The third-order valence-electron chi connectivity index (χ3n) is 4.45. The van der Waals surface area contributed by atoms with E-state index in [4.69, 9.17) is 9.47 Å². The maximum absolute atomic E-state index is 12.6. The third kappa shape index (κ3) is 7.63. The van der Waals surface area contributed by atoms with Crippen molar-refractivity contribution in [1.29, 1.82) is 0 Å². The van der Waals surface area contributed by atoms with E-state index in [0.29, 0.717) is 29.0 Å². The summed E-state index contributed by atoms with van der Waals surface area (Å²) in [6, 6.07) is 8.01. The van der Waals surface area contributed by atoms with E-state index < -0.39 is 24.9 Å². The number of ether oxygens (including phenoxy) is 2. The van der Waals surface area contributed by atoms with Crippen LogP contribution in [0.3, 0.4) is 0 Å². The van der Waals surface area contributed by atoms with Crippen LogP contribution in [0, 0.1) is 0 Å². The number of esters is 1. The number of rotatable bonds is 11. The van der Waals surface area contributed by atoms with Crippen LogP contribution in [0.1, 0.15) is 42.7 Å². The van der Waals surface area contributed by atoms with E-state index >= 15 is 0 Å². The maximum Gasteiger partial charge on any atom is 0.417 e. The van der Waals surface area contributed by atoms with Crippen molar-refractivity contribution in [1.82, 2.24) is 10.2 Å². The predicted molar refractivity (Wildman–Crippen MR) is 116 cm³/mol. The molecule has 0 bridgehead atoms. The lowest BCUT2D eigenvalue weighted by Gasteiger charge is -2.24. The molecule has 0 amide bonds. The van der Waals surface area contributed by atoms with Crippen LogP contribution in [0.25, 0.3) is 0 Å². The average molecular weight is 520 g/mol. The normalized spacial score (nSPS) is 12.3. The number of unbranched alkanes of at least 4 members (excludes halogenated alkanes) is 1. The molecule has 1 aromatic carbocycles. The molecule has 0 spiro atoms. The average Bonchev–Trinajstić information content (AvgIpc) is 2.76. The second kappa shape index (κ2) is 12.0. The van der Waals surface area contributed by atoms with Gasteiger partial charge in [0.25, 0.3) is 0 Å². The van der Waals surface area contributed by atoms with E-state index in [2.05, 4.69) is 26.1 Å². The Labute approximate surface area is 192 Å². The Balaban J connectivity index is 2.12. The van der Waals surface area contributed by atoms with Gasteiger partial charge < -0.3 is 19.5 Å². The number of hydrogen-bond acceptors (Lipinski definition) is 7. The Kier molecular flexibility index (Phi) is 9.70. The Morgan fingerprint density at radius 2 is 1.97 bits per heavy atom. The van der Waals surface area contributed by atoms with Gasteiger partial charge in [-0.1, -0.05) is 29.3 Å². The Hall–Kier alpha value is -2.40. The van der Waals surface area contributed by atoms with Crippen LogP contribution < -0.4 is 9.64 Å². The van der Waals surface area contributed by atoms with Gasteiger partial charge in [0.1, 0.15) is 12.4 Å². The number of nitrogens with zero attached hydrogens (tertiary/aromatic N) is 3. The van der Waals surface area contributed by atoms with E-state index in [9.17, 15) is 23.1 Å². The van der Waals surface area contributed by atoms with Gasteiger partial charge in [-0.25, -0.2) is 4.79 Å². The van der Waals surface area contributed by atoms with Crippen LogP contribution in [0.5, 0.6) is 5.75 Å². The second-order valence-corrected chi connectivity index (χ2v) is 7.82. The van der Waals surface area contributed by atoms with Gasteiger partial charge in [0.15, 0.2) is 17.6 Å². The first-order valence-corrected chi connectivity index (χ1v) is 10.9. The molecule has 0 aliphatic heterocycles. The summed E-state index contributed by atoms with van der Waals surface area (Å²) in [5.74, 6) is 0.129. The molecule has 1 aromatic heterocycles. The summed E-state index contributed by atoms with van der Waals surface area (Å²) in [7, 11) is 0. The first-order chi connectivity index (χ1) is 15.2. The fourth-order valence-corrected chi connectivity index (χ4v) is 3.03. The topological polar surface area (TPSA) is 84.8 Å². The summed E-state index contributed by atoms with van der Waals surface area (Å²) in [6.45, 7) is 4.02. The second-order valence-electron chi connectivity index (χ2n) is 6.90. The lowest BCUT2D eigenvalue weighted by Crippen LogP contribution is -2.34. The molecule has 0 saturated heterocycles. The molecule has 1 N–H and O–H groups in total. The molecule has 176 valence electrons. The molecule has 0 aliphatic rings. The Morgan fingerprint density at radius 1 is 1.22 bits per heavy atom. The predicted octanol–water partition coefficient (Wildman–Crippen LogP) is 4.52. The highest BCUT2D eigenvalue weighted by Crippen LogP contribution is 2.28. The van der Waals surface area contributed by atoms with Gasteiger partial charge in [0, 0.05) is 23.1 Å². The minimum Gasteiger partial charge on any atom is -0.490 e. The summed E-state index contributed by atoms with van der Waals surface area (Å²) in [5, 5.41) is 17.2. The molecule has 1 heterocycles. The minimum absolute atomic E-state index is 0.0912. The molecule has 32 heavy (non-hydrogen) atoms. The van der Waals surface area contributed by atoms with E-state index in [1.165, 1.54) is 12.1 Å². The van der Waals surface area contributed by atoms with Crippen molar-refractivity contribution in [3.8, 4) is 5.75 Å². The Bertz CT molecular complexity index is 882. The van der Waals surface area contributed by atoms with Gasteiger partial charge in [-0.2, -0.15) is 13.2 Å². The standard InChI is InChI=1S/C21H25BrF3N3O4/c1-3-5-10-31-20(30)16-7-9-19(27-26-16)28(4-2)12-14-11-15(22)6-8-17(14)32-13-18(29)21(23,24)25/h6-9,11,18,29H,3-5,10,12-13H2,1-2H3. The molecule has 7 nitrogen and oxygen atoms in total. The van der Waals surface area contributed by atoms with Crippen molar-refractivity contribution in [2.24, 2.45) is 0 Å². The number of aliphatic hydroxyl groups excluding tert-OH is 1. The van der Waals surface area contributed by atoms with Crippen molar-refractivity contribution in [2.75, 3.05) is 24.7 Å². The largest absolute Gasteiger partial charge is 0.490 e. The first kappa shape index (κ1) is 25.9. The van der Waals surface area contributed by atoms with Crippen molar-refractivity contribution in [3.63, 3.8) is 0 Å². The van der Waals surface area contributed by atoms with Crippen molar-refractivity contribution < 1.29 is 32.5 Å². The summed E-state index contributed by atoms with van der Waals surface area (Å²) in [6.07, 6.45) is -5.69. The third-order valence-corrected chi connectivity index (χ3v) is 4.95. The van der Waals surface area contributed by atoms with Crippen LogP contribution in [0.2, 0.25) is 0 Å². The minimum atomic E-state index is -4.76. The van der Waals surface area contributed by atoms with Gasteiger partial charge in [0.2, 0.25) is 0 Å². The highest BCUT2D eigenvalue weighted by molar-refractivity contribution is 9.10. The number of hydrogen-bond donors (Lipinski definition) is 1. The fraction of sp³-hybridized carbons (Fsp3) is 0.476. The quantitative estimate of drug-likeness (QED) is 0.345. The zero-order valence-electron chi connectivity index (χ0n) is 17.7. The fourth-order valence-electron chi connectivity index (χ4n) is 2.62. The zero-order chi connectivity index (χ0) is 23.7. The number of halogens is 4. The number of anilines is 1. The molecule has 1 atom stereocenters. The molecular formula is C21H25BrF3N3O4. The van der Waals surface area contributed by atoms with E-state index in [0.717, 1.165) is 12.8 Å². The summed E-state index contributed by atoms with van der Waals surface area (Å²) < 4.78 is 48.8. The van der Waals surface area contributed by atoms with Crippen molar-refractivity contribution >= 4 is 27.7 Å². The molecule has 2 rings (SSSR count). The summed E-state index contributed by atoms with van der Waals surface area (Å²) in [5.41, 5.74) is 0.675. The van der Waals surface area contributed by atoms with Crippen molar-refractivity contribution in [3.05, 3.63) is 46.1 Å². The van der Waals surface area contributed by atoms with Gasteiger partial charge in [0.05, 0.1) is 6.61 Å². The van der Waals surface area contributed by atoms with Crippen LogP contribution in [0.15, 0.2) is 34.8 Å². The number of benzene rings is 1. The first-order valence-electron chi connectivity index (χ1n) is 10.1. The monoisotopic (exact) mass is 519 g/mol. The molecule has 0 saturated carbocycles. The number of carbonyl (C=O) groups is 1. The lowest BCUT2D eigenvalue weighted by molar-refractivity contribution is -0.210. The van der Waals surface area contributed by atoms with E-state index in [1.807, 2.05) is 18.7 Å². The molecule has 2 aromatic rings. The molecule has 0 aliphatic carbocycles. The number of aliphatic hydroxyl groups is 1. The smallest absolute Gasteiger partial charge is 0.417 e. The summed E-state index contributed by atoms with van der Waals surface area (Å²) in [4.78, 5) is 13.8. The summed E-state index contributed by atoms with van der Waals surface area (Å²) >= 11 is 3.34. The maximum atomic E-state index is 12.6. The molecule has 0 radical (unpaired) electrons. The van der Waals surface area contributed by atoms with E-state index in [-0.39, 0.29) is 18.0 Å². The van der Waals surface area contributed by atoms with Gasteiger partial charge in [-0.15, -0.1) is 10.2 Å². The van der Waals surface area contributed by atoms with Crippen molar-refractivity contribution in [2.45, 2.75) is 45.5 Å². The van der Waals surface area contributed by atoms with Gasteiger partial charge >= 0.3 is 12.1 Å². The van der Waals surface area contributed by atoms with Crippen LogP contribution in [0.4, 0.5) is 19.0 Å². The highest BCUT2D eigenvalue weighted by Gasteiger charge is 2.38. The number of carbonyl (C=O) groups excluding carboxylic acids is 1. The van der Waals surface area contributed by atoms with Crippen LogP contribution in [-0.4, -0.2) is 53.3 Å². The molecule has 11 heteroatoms. The number of alkyl halides is 3. The van der Waals surface area contributed by atoms with Gasteiger partial charge in [-0.3, -0.25) is 0 Å². The number of aromatic nitrogens is 2. The molecular weight excluding hydrogens is 495 g/mol. The SMILES string of the molecule is CCCCOC(=O)c1ccc(N(CC)Cc2cc(Br)ccc2OCC(O)C(F)(F)F)nn1. The van der Waals surface area contributed by atoms with Crippen LogP contribution in [-0.2, 0) is 11.3 Å².